The van der Waals surface area contributed by atoms with Crippen molar-refractivity contribution in [3.63, 3.8) is 0 Å². The zero-order valence-electron chi connectivity index (χ0n) is 9.38. The maximum absolute atomic E-state index is 13.5. The van der Waals surface area contributed by atoms with Gasteiger partial charge in [-0.1, -0.05) is 29.8 Å². The molecule has 0 aromatic heterocycles. The summed E-state index contributed by atoms with van der Waals surface area (Å²) in [4.78, 5) is 0. The third-order valence-electron chi connectivity index (χ3n) is 2.52. The van der Waals surface area contributed by atoms with Gasteiger partial charge in [0.15, 0.2) is 5.82 Å². The molecule has 0 aliphatic carbocycles. The van der Waals surface area contributed by atoms with Crippen molar-refractivity contribution >= 4 is 23.0 Å². The van der Waals surface area contributed by atoms with Gasteiger partial charge in [0.25, 0.3) is 0 Å². The van der Waals surface area contributed by atoms with Gasteiger partial charge >= 0.3 is 0 Å². The van der Waals surface area contributed by atoms with Crippen LogP contribution in [0.3, 0.4) is 0 Å². The van der Waals surface area contributed by atoms with E-state index in [0.29, 0.717) is 12.2 Å². The Bertz CT molecular complexity index is 550. The predicted molar refractivity (Wildman–Crippen MR) is 69.5 cm³/mol. The fourth-order valence-corrected chi connectivity index (χ4v) is 1.85. The molecular formula is C13H11ClF2N2. The van der Waals surface area contributed by atoms with Crippen LogP contribution in [0, 0.1) is 11.6 Å². The van der Waals surface area contributed by atoms with Gasteiger partial charge in [0.2, 0.25) is 0 Å². The highest BCUT2D eigenvalue weighted by Crippen LogP contribution is 2.27. The molecule has 0 fully saturated rings. The number of halogens is 3. The molecule has 0 aliphatic rings. The minimum atomic E-state index is -0.727. The average Bonchev–Trinajstić information content (AvgIpc) is 2.30. The minimum Gasteiger partial charge on any atom is -0.398 e. The first kappa shape index (κ1) is 12.6. The lowest BCUT2D eigenvalue weighted by Crippen LogP contribution is -2.05. The first-order valence-corrected chi connectivity index (χ1v) is 5.67. The third-order valence-corrected chi connectivity index (χ3v) is 2.82. The molecule has 0 bridgehead atoms. The molecule has 0 atom stereocenters. The number of nitrogen functional groups attached to an aromatic ring is 1. The van der Waals surface area contributed by atoms with Crippen LogP contribution in [0.1, 0.15) is 5.56 Å². The van der Waals surface area contributed by atoms with Gasteiger partial charge in [0, 0.05) is 18.3 Å². The molecule has 3 N–H and O–H groups in total. The van der Waals surface area contributed by atoms with E-state index in [2.05, 4.69) is 5.32 Å². The molecule has 0 radical (unpaired) electrons. The fourth-order valence-electron chi connectivity index (χ4n) is 1.59. The van der Waals surface area contributed by atoms with Crippen LogP contribution in [-0.4, -0.2) is 0 Å². The highest BCUT2D eigenvalue weighted by molar-refractivity contribution is 6.33. The van der Waals surface area contributed by atoms with Gasteiger partial charge in [0.1, 0.15) is 5.82 Å². The molecule has 5 heteroatoms. The van der Waals surface area contributed by atoms with Crippen molar-refractivity contribution in [1.82, 2.24) is 0 Å². The molecule has 0 heterocycles. The van der Waals surface area contributed by atoms with E-state index < -0.39 is 11.6 Å². The summed E-state index contributed by atoms with van der Waals surface area (Å²) >= 11 is 5.77. The summed E-state index contributed by atoms with van der Waals surface area (Å²) < 4.78 is 26.4. The first-order chi connectivity index (χ1) is 8.58. The normalized spacial score (nSPS) is 10.4. The summed E-state index contributed by atoms with van der Waals surface area (Å²) in [5, 5.41) is 2.81. The predicted octanol–water partition coefficient (Wildman–Crippen LogP) is 3.81. The lowest BCUT2D eigenvalue weighted by atomic mass is 10.2. The Hall–Kier alpha value is -1.81. The number of nitrogens with two attached hydrogens (primary N) is 1. The molecule has 94 valence electrons. The van der Waals surface area contributed by atoms with E-state index >= 15 is 0 Å². The summed E-state index contributed by atoms with van der Waals surface area (Å²) in [5.74, 6) is -1.43. The Kier molecular flexibility index (Phi) is 3.67. The molecule has 2 aromatic rings. The van der Waals surface area contributed by atoms with Gasteiger partial charge in [-0.15, -0.1) is 0 Å². The second-order valence-corrected chi connectivity index (χ2v) is 4.20. The van der Waals surface area contributed by atoms with E-state index in [1.807, 2.05) is 18.2 Å². The molecule has 0 spiro atoms. The number of benzene rings is 2. The minimum absolute atomic E-state index is 0.00185. The molecular weight excluding hydrogens is 258 g/mol. The SMILES string of the molecule is Nc1ccccc1CNc1c(F)cc(F)cc1Cl. The lowest BCUT2D eigenvalue weighted by molar-refractivity contribution is 0.585. The monoisotopic (exact) mass is 268 g/mol. The Morgan fingerprint density at radius 2 is 1.89 bits per heavy atom. The van der Waals surface area contributed by atoms with Gasteiger partial charge in [-0.3, -0.25) is 0 Å². The van der Waals surface area contributed by atoms with Crippen molar-refractivity contribution in [2.45, 2.75) is 6.54 Å². The topological polar surface area (TPSA) is 38.0 Å². The molecule has 0 unspecified atom stereocenters. The highest BCUT2D eigenvalue weighted by atomic mass is 35.5. The second kappa shape index (κ2) is 5.23. The molecule has 2 aromatic carbocycles. The van der Waals surface area contributed by atoms with Crippen LogP contribution in [0.5, 0.6) is 0 Å². The average molecular weight is 269 g/mol. The summed E-state index contributed by atoms with van der Waals surface area (Å²) in [6.07, 6.45) is 0. The quantitative estimate of drug-likeness (QED) is 0.831. The largest absolute Gasteiger partial charge is 0.398 e. The van der Waals surface area contributed by atoms with E-state index in [1.165, 1.54) is 0 Å². The Morgan fingerprint density at radius 1 is 1.17 bits per heavy atom. The lowest BCUT2D eigenvalue weighted by Gasteiger charge is -2.11. The van der Waals surface area contributed by atoms with Crippen molar-refractivity contribution in [1.29, 1.82) is 0 Å². The van der Waals surface area contributed by atoms with E-state index in [4.69, 9.17) is 17.3 Å². The van der Waals surface area contributed by atoms with Crippen molar-refractivity contribution in [2.75, 3.05) is 11.1 Å². The van der Waals surface area contributed by atoms with Crippen LogP contribution in [-0.2, 0) is 6.54 Å². The molecule has 0 saturated heterocycles. The Labute approximate surface area is 108 Å². The summed E-state index contributed by atoms with van der Waals surface area (Å²) in [7, 11) is 0. The fraction of sp³-hybridized carbons (Fsp3) is 0.0769. The smallest absolute Gasteiger partial charge is 0.150 e. The zero-order chi connectivity index (χ0) is 13.1. The van der Waals surface area contributed by atoms with Gasteiger partial charge < -0.3 is 11.1 Å². The molecule has 2 rings (SSSR count). The Balaban J connectivity index is 2.19. The van der Waals surface area contributed by atoms with Gasteiger partial charge in [-0.2, -0.15) is 0 Å². The van der Waals surface area contributed by atoms with Crippen LogP contribution in [0.4, 0.5) is 20.2 Å². The molecule has 0 aliphatic heterocycles. The maximum atomic E-state index is 13.5. The van der Waals surface area contributed by atoms with E-state index in [9.17, 15) is 8.78 Å². The van der Waals surface area contributed by atoms with E-state index in [0.717, 1.165) is 17.7 Å². The van der Waals surface area contributed by atoms with Crippen LogP contribution in [0.25, 0.3) is 0 Å². The summed E-state index contributed by atoms with van der Waals surface area (Å²) in [5.41, 5.74) is 7.25. The molecule has 2 nitrogen and oxygen atoms in total. The molecule has 18 heavy (non-hydrogen) atoms. The van der Waals surface area contributed by atoms with Gasteiger partial charge in [-0.25, -0.2) is 8.78 Å². The number of anilines is 2. The second-order valence-electron chi connectivity index (χ2n) is 3.80. The summed E-state index contributed by atoms with van der Waals surface area (Å²) in [6.45, 7) is 0.314. The van der Waals surface area contributed by atoms with E-state index in [1.54, 1.807) is 6.07 Å². The number of rotatable bonds is 3. The third kappa shape index (κ3) is 2.71. The van der Waals surface area contributed by atoms with Crippen LogP contribution >= 0.6 is 11.6 Å². The van der Waals surface area contributed by atoms with Crippen molar-refractivity contribution < 1.29 is 8.78 Å². The molecule has 0 saturated carbocycles. The first-order valence-electron chi connectivity index (χ1n) is 5.29. The van der Waals surface area contributed by atoms with Gasteiger partial charge in [0.05, 0.1) is 10.7 Å². The highest BCUT2D eigenvalue weighted by Gasteiger charge is 2.09. The van der Waals surface area contributed by atoms with Crippen LogP contribution in [0.15, 0.2) is 36.4 Å². The number of hydrogen-bond donors (Lipinski definition) is 2. The van der Waals surface area contributed by atoms with Crippen LogP contribution < -0.4 is 11.1 Å². The summed E-state index contributed by atoms with van der Waals surface area (Å²) in [6, 6.07) is 9.04. The molecule has 0 amide bonds. The van der Waals surface area contributed by atoms with Crippen molar-refractivity contribution in [2.24, 2.45) is 0 Å². The van der Waals surface area contributed by atoms with E-state index in [-0.39, 0.29) is 10.7 Å². The number of nitrogens with one attached hydrogen (secondary N) is 1. The Morgan fingerprint density at radius 3 is 2.56 bits per heavy atom. The standard InChI is InChI=1S/C13H11ClF2N2/c14-10-5-9(15)6-11(16)13(10)18-7-8-3-1-2-4-12(8)17/h1-6,18H,7,17H2. The van der Waals surface area contributed by atoms with Gasteiger partial charge in [-0.05, 0) is 17.7 Å². The zero-order valence-corrected chi connectivity index (χ0v) is 10.1. The number of hydrogen-bond acceptors (Lipinski definition) is 2. The number of para-hydroxylation sites is 1. The van der Waals surface area contributed by atoms with Crippen molar-refractivity contribution in [3.05, 3.63) is 58.6 Å². The van der Waals surface area contributed by atoms with Crippen LogP contribution in [0.2, 0.25) is 5.02 Å². The van der Waals surface area contributed by atoms with Crippen molar-refractivity contribution in [3.8, 4) is 0 Å². The maximum Gasteiger partial charge on any atom is 0.150 e.